The number of aromatic nitrogens is 3. The first kappa shape index (κ1) is 20.7. The van der Waals surface area contributed by atoms with Crippen molar-refractivity contribution >= 4 is 11.7 Å². The first-order chi connectivity index (χ1) is 15.4. The fourth-order valence-electron chi connectivity index (χ4n) is 5.06. The van der Waals surface area contributed by atoms with Crippen molar-refractivity contribution in [3.8, 4) is 11.3 Å². The summed E-state index contributed by atoms with van der Waals surface area (Å²) in [6, 6.07) is 11.8. The van der Waals surface area contributed by atoms with E-state index in [0.29, 0.717) is 29.7 Å². The average molecular weight is 432 g/mol. The predicted octanol–water partition coefficient (Wildman–Crippen LogP) is 3.51. The van der Waals surface area contributed by atoms with Gasteiger partial charge in [-0.2, -0.15) is 0 Å². The summed E-state index contributed by atoms with van der Waals surface area (Å²) in [4.78, 5) is 29.5. The molecule has 2 aliphatic heterocycles. The van der Waals surface area contributed by atoms with Gasteiger partial charge in [-0.15, -0.1) is 0 Å². The minimum absolute atomic E-state index is 0.0739. The van der Waals surface area contributed by atoms with Crippen LogP contribution in [0.15, 0.2) is 42.5 Å². The second-order valence-electron chi connectivity index (χ2n) is 8.86. The minimum Gasteiger partial charge on any atom is -0.340 e. The highest BCUT2D eigenvalue weighted by molar-refractivity contribution is 6.06. The zero-order valence-electron chi connectivity index (χ0n) is 18.5. The van der Waals surface area contributed by atoms with Crippen molar-refractivity contribution in [2.75, 3.05) is 24.5 Å². The number of nitrogens with one attached hydrogen (secondary N) is 1. The zero-order chi connectivity index (χ0) is 22.4. The van der Waals surface area contributed by atoms with Crippen molar-refractivity contribution in [3.63, 3.8) is 0 Å². The molecule has 2 aliphatic rings. The van der Waals surface area contributed by atoms with Crippen molar-refractivity contribution in [1.29, 1.82) is 0 Å². The number of nitrogens with zero attached hydrogens (tertiary/aromatic N) is 4. The van der Waals surface area contributed by atoms with Crippen LogP contribution in [-0.2, 0) is 0 Å². The Morgan fingerprint density at radius 1 is 1.00 bits per heavy atom. The molecule has 3 unspecified atom stereocenters. The van der Waals surface area contributed by atoms with Crippen LogP contribution in [0.2, 0.25) is 0 Å². The van der Waals surface area contributed by atoms with Crippen molar-refractivity contribution in [2.45, 2.75) is 26.8 Å². The van der Waals surface area contributed by atoms with Crippen molar-refractivity contribution in [3.05, 3.63) is 70.9 Å². The van der Waals surface area contributed by atoms with Crippen LogP contribution >= 0.6 is 0 Å². The molecule has 0 amide bonds. The van der Waals surface area contributed by atoms with Gasteiger partial charge in [-0.25, -0.2) is 14.4 Å². The Hall–Kier alpha value is -3.19. The van der Waals surface area contributed by atoms with E-state index in [1.165, 1.54) is 6.07 Å². The number of rotatable bonds is 4. The van der Waals surface area contributed by atoms with Gasteiger partial charge in [0.15, 0.2) is 5.78 Å². The second-order valence-corrected chi connectivity index (χ2v) is 8.86. The summed E-state index contributed by atoms with van der Waals surface area (Å²) in [5.74, 6) is 0.356. The van der Waals surface area contributed by atoms with Crippen molar-refractivity contribution < 1.29 is 9.18 Å². The molecule has 7 heteroatoms. The second kappa shape index (κ2) is 8.06. The van der Waals surface area contributed by atoms with Gasteiger partial charge in [0.25, 0.3) is 0 Å². The van der Waals surface area contributed by atoms with Gasteiger partial charge in [0.05, 0.1) is 17.3 Å². The Labute approximate surface area is 186 Å². The molecule has 5 rings (SSSR count). The average Bonchev–Trinajstić information content (AvgIpc) is 3.33. The number of halogens is 1. The summed E-state index contributed by atoms with van der Waals surface area (Å²) < 4.78 is 15.0. The third kappa shape index (κ3) is 3.66. The van der Waals surface area contributed by atoms with Gasteiger partial charge in [-0.05, 0) is 51.0 Å². The molecule has 0 radical (unpaired) electrons. The van der Waals surface area contributed by atoms with E-state index in [2.05, 4.69) is 25.2 Å². The summed E-state index contributed by atoms with van der Waals surface area (Å²) in [6.07, 6.45) is 0. The number of pyridine rings is 1. The maximum absolute atomic E-state index is 15.0. The highest BCUT2D eigenvalue weighted by Crippen LogP contribution is 2.36. The van der Waals surface area contributed by atoms with Gasteiger partial charge in [0.1, 0.15) is 5.82 Å². The van der Waals surface area contributed by atoms with E-state index in [1.54, 1.807) is 12.1 Å². The Balaban J connectivity index is 1.45. The summed E-state index contributed by atoms with van der Waals surface area (Å²) >= 11 is 0. The van der Waals surface area contributed by atoms with Crippen LogP contribution in [0.25, 0.3) is 11.3 Å². The molecule has 32 heavy (non-hydrogen) atoms. The first-order valence-electron chi connectivity index (χ1n) is 11.0. The maximum atomic E-state index is 15.0. The fourth-order valence-corrected chi connectivity index (χ4v) is 5.06. The molecule has 1 aromatic carbocycles. The Kier molecular flexibility index (Phi) is 5.21. The van der Waals surface area contributed by atoms with E-state index >= 15 is 4.39 Å². The number of carbonyl (C=O) groups is 1. The molecule has 2 aromatic heterocycles. The summed E-state index contributed by atoms with van der Waals surface area (Å²) in [7, 11) is 0. The highest BCUT2D eigenvalue weighted by atomic mass is 19.1. The molecule has 1 N–H and O–H groups in total. The summed E-state index contributed by atoms with van der Waals surface area (Å²) in [5, 5.41) is 3.36. The van der Waals surface area contributed by atoms with E-state index in [-0.39, 0.29) is 17.3 Å². The molecule has 164 valence electrons. The maximum Gasteiger partial charge on any atom is 0.225 e. The number of aryl methyl sites for hydroxylation is 3. The molecule has 2 fully saturated rings. The van der Waals surface area contributed by atoms with E-state index in [1.807, 2.05) is 45.0 Å². The Bertz CT molecular complexity index is 1180. The summed E-state index contributed by atoms with van der Waals surface area (Å²) in [5.41, 5.74) is 3.94. The van der Waals surface area contributed by atoms with Crippen LogP contribution < -0.4 is 10.2 Å². The molecule has 0 aliphatic carbocycles. The number of benzene rings is 1. The number of Topliss-reactive ketones (excluding diaryl/α,β-unsaturated/α-hetero) is 1. The lowest BCUT2D eigenvalue weighted by molar-refractivity contribution is 0.0927. The molecule has 3 aromatic rings. The molecular weight excluding hydrogens is 405 g/mol. The smallest absolute Gasteiger partial charge is 0.225 e. The largest absolute Gasteiger partial charge is 0.340 e. The number of hydrogen-bond donors (Lipinski definition) is 1. The third-order valence-corrected chi connectivity index (χ3v) is 6.48. The number of ketones is 1. The molecule has 2 saturated heterocycles. The van der Waals surface area contributed by atoms with Crippen LogP contribution in [0.4, 0.5) is 10.3 Å². The topological polar surface area (TPSA) is 71.0 Å². The third-order valence-electron chi connectivity index (χ3n) is 6.48. The first-order valence-corrected chi connectivity index (χ1v) is 11.0. The zero-order valence-corrected chi connectivity index (χ0v) is 18.5. The van der Waals surface area contributed by atoms with Gasteiger partial charge in [-0.1, -0.05) is 18.2 Å². The SMILES string of the molecule is Cc1cccc(-c2cccc(F)c2C(=O)C2NCC3CN(c4nc(C)cc(C)n4)CC32)n1. The van der Waals surface area contributed by atoms with Gasteiger partial charge < -0.3 is 10.2 Å². The number of hydrogen-bond acceptors (Lipinski definition) is 6. The number of anilines is 1. The molecule has 0 bridgehead atoms. The van der Waals surface area contributed by atoms with Gasteiger partial charge in [0, 0.05) is 48.2 Å². The standard InChI is InChI=1S/C25H26FN5O/c1-14-6-4-9-21(28-14)18-7-5-8-20(26)22(18)24(32)23-19-13-31(12-17(19)11-27-23)25-29-15(2)10-16(3)30-25/h4-10,17,19,23,27H,11-13H2,1-3H3. The van der Waals surface area contributed by atoms with Crippen LogP contribution in [0.5, 0.6) is 0 Å². The normalized spacial score (nSPS) is 22.2. The van der Waals surface area contributed by atoms with Gasteiger partial charge in [0.2, 0.25) is 5.95 Å². The molecule has 4 heterocycles. The Morgan fingerprint density at radius 2 is 1.75 bits per heavy atom. The van der Waals surface area contributed by atoms with Gasteiger partial charge in [-0.3, -0.25) is 9.78 Å². The number of fused-ring (bicyclic) bond motifs is 1. The fraction of sp³-hybridized carbons (Fsp3) is 0.360. The molecular formula is C25H26FN5O. The van der Waals surface area contributed by atoms with E-state index in [0.717, 1.165) is 30.2 Å². The van der Waals surface area contributed by atoms with E-state index in [9.17, 15) is 4.79 Å². The Morgan fingerprint density at radius 3 is 2.50 bits per heavy atom. The van der Waals surface area contributed by atoms with Crippen molar-refractivity contribution in [1.82, 2.24) is 20.3 Å². The highest BCUT2D eigenvalue weighted by Gasteiger charge is 2.47. The lowest BCUT2D eigenvalue weighted by Gasteiger charge is -2.22. The van der Waals surface area contributed by atoms with E-state index < -0.39 is 11.9 Å². The minimum atomic E-state index is -0.506. The molecule has 6 nitrogen and oxygen atoms in total. The molecule has 3 atom stereocenters. The number of carbonyl (C=O) groups excluding carboxylic acids is 1. The van der Waals surface area contributed by atoms with Crippen LogP contribution in [0.1, 0.15) is 27.4 Å². The van der Waals surface area contributed by atoms with Crippen LogP contribution in [0.3, 0.4) is 0 Å². The van der Waals surface area contributed by atoms with Gasteiger partial charge >= 0.3 is 0 Å². The summed E-state index contributed by atoms with van der Waals surface area (Å²) in [6.45, 7) is 7.98. The van der Waals surface area contributed by atoms with E-state index in [4.69, 9.17) is 0 Å². The molecule has 0 saturated carbocycles. The molecule has 0 spiro atoms. The predicted molar refractivity (Wildman–Crippen MR) is 121 cm³/mol. The monoisotopic (exact) mass is 431 g/mol. The quantitative estimate of drug-likeness (QED) is 0.638. The van der Waals surface area contributed by atoms with Crippen LogP contribution in [0, 0.1) is 38.4 Å². The lowest BCUT2D eigenvalue weighted by atomic mass is 9.87. The van der Waals surface area contributed by atoms with Crippen LogP contribution in [-0.4, -0.2) is 46.4 Å². The lowest BCUT2D eigenvalue weighted by Crippen LogP contribution is -2.39. The van der Waals surface area contributed by atoms with Crippen molar-refractivity contribution in [2.24, 2.45) is 11.8 Å².